The number of ether oxygens (including phenoxy) is 2. The van der Waals surface area contributed by atoms with Crippen LogP contribution in [0.4, 0.5) is 18.9 Å². The van der Waals surface area contributed by atoms with Gasteiger partial charge in [-0.25, -0.2) is 9.59 Å². The summed E-state index contributed by atoms with van der Waals surface area (Å²) in [6.07, 6.45) is -4.33. The minimum atomic E-state index is -4.98. The summed E-state index contributed by atoms with van der Waals surface area (Å²) >= 11 is 0. The number of esters is 2. The molecule has 0 aliphatic carbocycles. The number of cyclic esters (lactones) is 2. The zero-order valence-electron chi connectivity index (χ0n) is 12.3. The van der Waals surface area contributed by atoms with E-state index in [9.17, 15) is 32.9 Å². The lowest BCUT2D eigenvalue weighted by atomic mass is 10.0. The van der Waals surface area contributed by atoms with Crippen LogP contribution in [0, 0.1) is 10.1 Å². The lowest BCUT2D eigenvalue weighted by Gasteiger charge is -2.29. The maximum Gasteiger partial charge on any atom is 0.423 e. The molecule has 24 heavy (non-hydrogen) atoms. The Balaban J connectivity index is 2.60. The number of nitro benzene ring substituents is 1. The van der Waals surface area contributed by atoms with Gasteiger partial charge in [-0.05, 0) is 18.2 Å². The van der Waals surface area contributed by atoms with Crippen LogP contribution in [0.25, 0.3) is 6.08 Å². The molecule has 0 unspecified atom stereocenters. The predicted octanol–water partition coefficient (Wildman–Crippen LogP) is 2.83. The number of hydrogen-bond donors (Lipinski definition) is 0. The number of rotatable bonds is 2. The molecule has 1 aliphatic heterocycles. The summed E-state index contributed by atoms with van der Waals surface area (Å²) in [5.41, 5.74) is -4.09. The molecule has 1 heterocycles. The highest BCUT2D eigenvalue weighted by atomic mass is 19.4. The van der Waals surface area contributed by atoms with Crippen molar-refractivity contribution < 1.29 is 37.2 Å². The highest BCUT2D eigenvalue weighted by Crippen LogP contribution is 2.39. The van der Waals surface area contributed by atoms with E-state index in [0.29, 0.717) is 12.1 Å². The third-order valence-corrected chi connectivity index (χ3v) is 2.97. The van der Waals surface area contributed by atoms with Crippen LogP contribution in [0.2, 0.25) is 0 Å². The van der Waals surface area contributed by atoms with Gasteiger partial charge in [-0.2, -0.15) is 13.2 Å². The molecule has 1 aromatic carbocycles. The van der Waals surface area contributed by atoms with Gasteiger partial charge in [0.15, 0.2) is 0 Å². The minimum Gasteiger partial charge on any atom is -0.419 e. The Labute approximate surface area is 132 Å². The summed E-state index contributed by atoms with van der Waals surface area (Å²) in [6.45, 7) is 2.57. The molecule has 1 saturated heterocycles. The van der Waals surface area contributed by atoms with Gasteiger partial charge in [-0.15, -0.1) is 0 Å². The molecule has 1 fully saturated rings. The van der Waals surface area contributed by atoms with Crippen molar-refractivity contribution in [1.82, 2.24) is 0 Å². The van der Waals surface area contributed by atoms with Gasteiger partial charge < -0.3 is 9.47 Å². The second kappa shape index (κ2) is 5.62. The molecule has 0 radical (unpaired) electrons. The number of benzene rings is 1. The lowest BCUT2D eigenvalue weighted by Crippen LogP contribution is -2.41. The third-order valence-electron chi connectivity index (χ3n) is 2.97. The number of para-hydroxylation sites is 1. The highest BCUT2D eigenvalue weighted by molar-refractivity contribution is 6.19. The summed E-state index contributed by atoms with van der Waals surface area (Å²) in [6, 6.07) is 2.42. The quantitative estimate of drug-likeness (QED) is 0.269. The van der Waals surface area contributed by atoms with Gasteiger partial charge in [-0.1, -0.05) is 6.07 Å². The van der Waals surface area contributed by atoms with Crippen LogP contribution in [-0.4, -0.2) is 22.6 Å². The van der Waals surface area contributed by atoms with E-state index in [2.05, 4.69) is 0 Å². The minimum absolute atomic E-state index is 0.529. The van der Waals surface area contributed by atoms with E-state index in [1.165, 1.54) is 13.8 Å². The number of nitro groups is 1. The molecular formula is C14H10F3NO6. The fourth-order valence-corrected chi connectivity index (χ4v) is 2.04. The van der Waals surface area contributed by atoms with Crippen molar-refractivity contribution in [3.63, 3.8) is 0 Å². The molecule has 0 spiro atoms. The SMILES string of the molecule is CC1(C)OC(=O)C(=Cc2cccc(C(F)(F)F)c2[N+](=O)[O-])C(=O)O1. The third kappa shape index (κ3) is 3.36. The standard InChI is InChI=1S/C14H10F3NO6/c1-13(2)23-11(19)8(12(20)24-13)6-7-4-3-5-9(14(15,16)17)10(7)18(21)22/h3-6H,1-2H3. The van der Waals surface area contributed by atoms with Gasteiger partial charge in [0.1, 0.15) is 11.1 Å². The first kappa shape index (κ1) is 17.4. The zero-order valence-corrected chi connectivity index (χ0v) is 12.3. The molecule has 0 bridgehead atoms. The van der Waals surface area contributed by atoms with Gasteiger partial charge >= 0.3 is 18.1 Å². The van der Waals surface area contributed by atoms with Crippen molar-refractivity contribution in [3.8, 4) is 0 Å². The van der Waals surface area contributed by atoms with Crippen LogP contribution < -0.4 is 0 Å². The second-order valence-electron chi connectivity index (χ2n) is 5.24. The molecular weight excluding hydrogens is 335 g/mol. The van der Waals surface area contributed by atoms with Gasteiger partial charge in [0.2, 0.25) is 0 Å². The highest BCUT2D eigenvalue weighted by Gasteiger charge is 2.41. The average Bonchev–Trinajstić information content (AvgIpc) is 2.40. The van der Waals surface area contributed by atoms with E-state index in [0.717, 1.165) is 12.1 Å². The molecule has 0 aromatic heterocycles. The number of carbonyl (C=O) groups excluding carboxylic acids is 2. The summed E-state index contributed by atoms with van der Waals surface area (Å²) in [5, 5.41) is 11.0. The van der Waals surface area contributed by atoms with Gasteiger partial charge in [0.05, 0.1) is 10.5 Å². The van der Waals surface area contributed by atoms with Gasteiger partial charge in [0, 0.05) is 13.8 Å². The van der Waals surface area contributed by atoms with Crippen LogP contribution in [0.15, 0.2) is 23.8 Å². The molecule has 0 atom stereocenters. The Hall–Kier alpha value is -2.91. The Morgan fingerprint density at radius 2 is 1.71 bits per heavy atom. The molecule has 128 valence electrons. The Morgan fingerprint density at radius 3 is 2.17 bits per heavy atom. The van der Waals surface area contributed by atoms with E-state index in [4.69, 9.17) is 9.47 Å². The fraction of sp³-hybridized carbons (Fsp3) is 0.286. The van der Waals surface area contributed by atoms with Crippen LogP contribution in [-0.2, 0) is 25.2 Å². The van der Waals surface area contributed by atoms with Crippen LogP contribution >= 0.6 is 0 Å². The molecule has 10 heteroatoms. The van der Waals surface area contributed by atoms with Gasteiger partial charge in [0.25, 0.3) is 11.5 Å². The fourth-order valence-electron chi connectivity index (χ4n) is 2.04. The number of alkyl halides is 3. The van der Waals surface area contributed by atoms with Crippen LogP contribution in [0.3, 0.4) is 0 Å². The number of carbonyl (C=O) groups is 2. The number of hydrogen-bond acceptors (Lipinski definition) is 6. The van der Waals surface area contributed by atoms with Crippen molar-refractivity contribution in [2.75, 3.05) is 0 Å². The smallest absolute Gasteiger partial charge is 0.419 e. The molecule has 0 amide bonds. The van der Waals surface area contributed by atoms with E-state index < -0.39 is 51.2 Å². The van der Waals surface area contributed by atoms with Crippen molar-refractivity contribution >= 4 is 23.7 Å². The van der Waals surface area contributed by atoms with Crippen molar-refractivity contribution in [2.45, 2.75) is 25.8 Å². The monoisotopic (exact) mass is 345 g/mol. The molecule has 0 N–H and O–H groups in total. The topological polar surface area (TPSA) is 95.7 Å². The van der Waals surface area contributed by atoms with E-state index in [1.54, 1.807) is 0 Å². The molecule has 7 nitrogen and oxygen atoms in total. The van der Waals surface area contributed by atoms with Crippen molar-refractivity contribution in [1.29, 1.82) is 0 Å². The number of halogens is 3. The first-order valence-electron chi connectivity index (χ1n) is 6.45. The summed E-state index contributed by atoms with van der Waals surface area (Å²) in [4.78, 5) is 33.4. The van der Waals surface area contributed by atoms with Crippen molar-refractivity contribution in [3.05, 3.63) is 45.0 Å². The van der Waals surface area contributed by atoms with Crippen LogP contribution in [0.5, 0.6) is 0 Å². The van der Waals surface area contributed by atoms with Crippen LogP contribution in [0.1, 0.15) is 25.0 Å². The van der Waals surface area contributed by atoms with E-state index >= 15 is 0 Å². The molecule has 1 aliphatic rings. The zero-order chi connectivity index (χ0) is 18.3. The second-order valence-corrected chi connectivity index (χ2v) is 5.24. The normalized spacial score (nSPS) is 17.1. The van der Waals surface area contributed by atoms with Crippen molar-refractivity contribution in [2.24, 2.45) is 0 Å². The molecule has 0 saturated carbocycles. The van der Waals surface area contributed by atoms with Gasteiger partial charge in [-0.3, -0.25) is 10.1 Å². The predicted molar refractivity (Wildman–Crippen MR) is 72.3 cm³/mol. The maximum absolute atomic E-state index is 12.9. The Morgan fingerprint density at radius 1 is 1.17 bits per heavy atom. The summed E-state index contributed by atoms with van der Waals surface area (Å²) in [7, 11) is 0. The number of nitrogens with zero attached hydrogens (tertiary/aromatic N) is 1. The molecule has 1 aromatic rings. The summed E-state index contributed by atoms with van der Waals surface area (Å²) in [5.74, 6) is -3.84. The van der Waals surface area contributed by atoms with E-state index in [-0.39, 0.29) is 0 Å². The maximum atomic E-state index is 12.9. The lowest BCUT2D eigenvalue weighted by molar-refractivity contribution is -0.388. The Kier molecular flexibility index (Phi) is 4.09. The first-order valence-corrected chi connectivity index (χ1v) is 6.45. The average molecular weight is 345 g/mol. The largest absolute Gasteiger partial charge is 0.423 e. The van der Waals surface area contributed by atoms with E-state index in [1.807, 2.05) is 0 Å². The summed E-state index contributed by atoms with van der Waals surface area (Å²) < 4.78 is 48.3. The first-order chi connectivity index (χ1) is 10.9. The molecule has 2 rings (SSSR count). The Bertz CT molecular complexity index is 744.